The van der Waals surface area contributed by atoms with Gasteiger partial charge in [0.2, 0.25) is 11.8 Å². The highest BCUT2D eigenvalue weighted by atomic mass is 35.5. The second kappa shape index (κ2) is 11.8. The number of carbonyl (C=O) groups excluding carboxylic acids is 2. The molecule has 2 aliphatic rings. The van der Waals surface area contributed by atoms with Gasteiger partial charge in [-0.05, 0) is 50.2 Å². The highest BCUT2D eigenvalue weighted by molar-refractivity contribution is 6.31. The lowest BCUT2D eigenvalue weighted by molar-refractivity contribution is -0.150. The van der Waals surface area contributed by atoms with E-state index in [4.69, 9.17) is 16.4 Å². The van der Waals surface area contributed by atoms with E-state index in [1.54, 1.807) is 26.0 Å². The number of likely N-dealkylation sites (tertiary alicyclic amines) is 1. The van der Waals surface area contributed by atoms with E-state index in [1.807, 2.05) is 32.9 Å². The first kappa shape index (κ1) is 29.0. The molecule has 1 aliphatic carbocycles. The molecule has 37 heavy (non-hydrogen) atoms. The van der Waals surface area contributed by atoms with Gasteiger partial charge < -0.3 is 20.2 Å². The Morgan fingerprint density at radius 2 is 1.92 bits per heavy atom. The van der Waals surface area contributed by atoms with Crippen molar-refractivity contribution in [3.63, 3.8) is 0 Å². The number of nitrogens with one attached hydrogen (secondary N) is 1. The molecule has 3 rings (SSSR count). The zero-order chi connectivity index (χ0) is 27.4. The molecule has 204 valence electrons. The van der Waals surface area contributed by atoms with Gasteiger partial charge in [-0.25, -0.2) is 4.79 Å². The fraction of sp³-hybridized carbons (Fsp3) is 0.643. The Morgan fingerprint density at radius 3 is 2.51 bits per heavy atom. The third-order valence-corrected chi connectivity index (χ3v) is 7.57. The predicted molar refractivity (Wildman–Crippen MR) is 143 cm³/mol. The summed E-state index contributed by atoms with van der Waals surface area (Å²) in [7, 11) is 0. The molecule has 0 aromatic heterocycles. The quantitative estimate of drug-likeness (QED) is 0.360. The average molecular weight is 534 g/mol. The van der Waals surface area contributed by atoms with Crippen LogP contribution in [0.1, 0.15) is 85.1 Å². The van der Waals surface area contributed by atoms with Crippen molar-refractivity contribution in [3.05, 3.63) is 34.9 Å². The zero-order valence-corrected chi connectivity index (χ0v) is 23.3. The molecule has 3 atom stereocenters. The van der Waals surface area contributed by atoms with E-state index in [0.717, 1.165) is 31.2 Å². The number of nitrogens with zero attached hydrogens (tertiary/aromatic N) is 2. The van der Waals surface area contributed by atoms with Crippen LogP contribution in [0.2, 0.25) is 5.02 Å². The fourth-order valence-corrected chi connectivity index (χ4v) is 5.40. The van der Waals surface area contributed by atoms with E-state index in [1.165, 1.54) is 11.3 Å². The molecule has 1 aromatic rings. The summed E-state index contributed by atoms with van der Waals surface area (Å²) >= 11 is 6.07. The summed E-state index contributed by atoms with van der Waals surface area (Å²) in [5, 5.41) is 17.7. The van der Waals surface area contributed by atoms with Crippen molar-refractivity contribution in [1.82, 2.24) is 10.2 Å². The van der Waals surface area contributed by atoms with E-state index >= 15 is 0 Å². The summed E-state index contributed by atoms with van der Waals surface area (Å²) in [5.41, 5.74) is -0.246. The number of carboxylic acids is 1. The number of amides is 2. The monoisotopic (exact) mass is 533 g/mol. The summed E-state index contributed by atoms with van der Waals surface area (Å²) in [5.74, 6) is -1.36. The van der Waals surface area contributed by atoms with E-state index in [0.29, 0.717) is 23.1 Å². The van der Waals surface area contributed by atoms with Crippen molar-refractivity contribution in [2.75, 3.05) is 6.54 Å². The number of aliphatic carboxylic acids is 1. The normalized spacial score (nSPS) is 24.0. The molecule has 0 unspecified atom stereocenters. The molecule has 1 saturated carbocycles. The summed E-state index contributed by atoms with van der Waals surface area (Å²) in [6, 6.07) is 5.25. The molecule has 2 fully saturated rings. The van der Waals surface area contributed by atoms with Gasteiger partial charge in [-0.1, -0.05) is 68.9 Å². The van der Waals surface area contributed by atoms with Gasteiger partial charge >= 0.3 is 5.97 Å². The maximum atomic E-state index is 13.8. The van der Waals surface area contributed by atoms with Gasteiger partial charge in [0, 0.05) is 23.4 Å². The van der Waals surface area contributed by atoms with Crippen LogP contribution in [0.3, 0.4) is 0 Å². The lowest BCUT2D eigenvalue weighted by atomic mass is 9.84. The lowest BCUT2D eigenvalue weighted by Gasteiger charge is -2.35. The molecule has 0 spiro atoms. The van der Waals surface area contributed by atoms with E-state index in [-0.39, 0.29) is 18.9 Å². The molecule has 0 bridgehead atoms. The number of carboxylic acid groups (broad SMARTS) is 1. The maximum absolute atomic E-state index is 13.8. The number of hydrogen-bond donors (Lipinski definition) is 2. The first-order valence-corrected chi connectivity index (χ1v) is 13.5. The Labute approximate surface area is 224 Å². The molecular weight excluding hydrogens is 494 g/mol. The van der Waals surface area contributed by atoms with Crippen LogP contribution in [-0.2, 0) is 19.2 Å². The zero-order valence-electron chi connectivity index (χ0n) is 22.6. The highest BCUT2D eigenvalue weighted by Gasteiger charge is 2.51. The molecule has 9 heteroatoms. The van der Waals surface area contributed by atoms with Crippen LogP contribution in [0.5, 0.6) is 0 Å². The van der Waals surface area contributed by atoms with E-state index < -0.39 is 35.0 Å². The minimum atomic E-state index is -1.11. The van der Waals surface area contributed by atoms with Crippen LogP contribution in [0.25, 0.3) is 0 Å². The second-order valence-electron chi connectivity index (χ2n) is 11.8. The number of carbonyl (C=O) groups is 3. The van der Waals surface area contributed by atoms with Crippen LogP contribution >= 0.6 is 11.6 Å². The molecule has 1 aromatic carbocycles. The molecule has 1 aliphatic heterocycles. The van der Waals surface area contributed by atoms with Crippen molar-refractivity contribution in [1.29, 1.82) is 0 Å². The smallest absolute Gasteiger partial charge is 0.326 e. The summed E-state index contributed by atoms with van der Waals surface area (Å²) in [4.78, 5) is 46.0. The van der Waals surface area contributed by atoms with Crippen LogP contribution in [0.15, 0.2) is 29.4 Å². The average Bonchev–Trinajstić information content (AvgIpc) is 3.19. The van der Waals surface area contributed by atoms with Crippen molar-refractivity contribution in [2.24, 2.45) is 16.5 Å². The van der Waals surface area contributed by atoms with Gasteiger partial charge in [0.05, 0.1) is 12.3 Å². The van der Waals surface area contributed by atoms with Crippen LogP contribution in [0, 0.1) is 11.3 Å². The first-order chi connectivity index (χ1) is 17.3. The van der Waals surface area contributed by atoms with E-state index in [2.05, 4.69) is 10.5 Å². The number of benzene rings is 1. The van der Waals surface area contributed by atoms with Gasteiger partial charge in [-0.3, -0.25) is 9.59 Å². The third kappa shape index (κ3) is 7.69. The standard InChI is InChI=1S/C28H40ClN3O5/c1-18(20-12-9-13-21(29)15-20)31-37-28(5)16-22(26(35)36)32(17-28)25(34)24(27(2,3)4)30-23(33)14-19-10-7-6-8-11-19/h9,12-13,15,19,22,24H,6-8,10-11,14,16-17H2,1-5H3,(H,30,33)(H,35,36)/b31-18+/t22-,24+,28+/m0/s1. The molecule has 8 nitrogen and oxygen atoms in total. The molecular formula is C28H40ClN3O5. The van der Waals surface area contributed by atoms with Crippen molar-refractivity contribution >= 4 is 35.1 Å². The Balaban J connectivity index is 1.75. The van der Waals surface area contributed by atoms with Crippen molar-refractivity contribution in [2.45, 2.75) is 97.2 Å². The number of halogens is 1. The molecule has 1 heterocycles. The Hall–Kier alpha value is -2.61. The molecule has 0 radical (unpaired) electrons. The van der Waals surface area contributed by atoms with Gasteiger partial charge in [0.25, 0.3) is 0 Å². The minimum absolute atomic E-state index is 0.0419. The number of rotatable bonds is 8. The number of hydrogen-bond acceptors (Lipinski definition) is 5. The van der Waals surface area contributed by atoms with Gasteiger partial charge in [0.15, 0.2) is 5.60 Å². The SMILES string of the molecule is C/C(=N\O[C@]1(C)C[C@@H](C(=O)O)N(C(=O)[C@@H](NC(=O)CC2CCCCC2)C(C)(C)C)C1)c1cccc(Cl)c1. The molecule has 1 saturated heterocycles. The predicted octanol–water partition coefficient (Wildman–Crippen LogP) is 5.03. The van der Waals surface area contributed by atoms with Gasteiger partial charge in [0.1, 0.15) is 12.1 Å². The summed E-state index contributed by atoms with van der Waals surface area (Å²) < 4.78 is 0. The topological polar surface area (TPSA) is 108 Å². The maximum Gasteiger partial charge on any atom is 0.326 e. The van der Waals surface area contributed by atoms with Gasteiger partial charge in [-0.15, -0.1) is 0 Å². The highest BCUT2D eigenvalue weighted by Crippen LogP contribution is 2.34. The summed E-state index contributed by atoms with van der Waals surface area (Å²) in [6.45, 7) is 9.18. The Morgan fingerprint density at radius 1 is 1.24 bits per heavy atom. The van der Waals surface area contributed by atoms with Crippen LogP contribution in [-0.4, -0.2) is 57.7 Å². The van der Waals surface area contributed by atoms with Crippen LogP contribution < -0.4 is 5.32 Å². The van der Waals surface area contributed by atoms with Crippen molar-refractivity contribution < 1.29 is 24.3 Å². The van der Waals surface area contributed by atoms with Gasteiger partial charge in [-0.2, -0.15) is 0 Å². The van der Waals surface area contributed by atoms with E-state index in [9.17, 15) is 19.5 Å². The minimum Gasteiger partial charge on any atom is -0.480 e. The fourth-order valence-electron chi connectivity index (χ4n) is 5.21. The van der Waals surface area contributed by atoms with Crippen molar-refractivity contribution in [3.8, 4) is 0 Å². The molecule has 2 amide bonds. The molecule has 2 N–H and O–H groups in total. The Bertz CT molecular complexity index is 1030. The number of oxime groups is 1. The largest absolute Gasteiger partial charge is 0.480 e. The Kier molecular flexibility index (Phi) is 9.27. The second-order valence-corrected chi connectivity index (χ2v) is 12.3. The third-order valence-electron chi connectivity index (χ3n) is 7.34. The first-order valence-electron chi connectivity index (χ1n) is 13.1. The van der Waals surface area contributed by atoms with Crippen LogP contribution in [0.4, 0.5) is 0 Å². The summed E-state index contributed by atoms with van der Waals surface area (Å²) in [6.07, 6.45) is 5.99. The lowest BCUT2D eigenvalue weighted by Crippen LogP contribution is -2.57.